The lowest BCUT2D eigenvalue weighted by Crippen LogP contribution is -2.31. The molecule has 2 aromatic rings. The maximum atomic E-state index is 12.3. The summed E-state index contributed by atoms with van der Waals surface area (Å²) in [5, 5.41) is 16.4. The van der Waals surface area contributed by atoms with Crippen LogP contribution in [0.1, 0.15) is 5.56 Å². The summed E-state index contributed by atoms with van der Waals surface area (Å²) in [6, 6.07) is 8.71. The van der Waals surface area contributed by atoms with Crippen molar-refractivity contribution >= 4 is 72.9 Å². The Morgan fingerprint density at radius 1 is 1.31 bits per heavy atom. The van der Waals surface area contributed by atoms with E-state index in [2.05, 4.69) is 42.5 Å². The van der Waals surface area contributed by atoms with Crippen LogP contribution in [-0.2, 0) is 4.79 Å². The van der Waals surface area contributed by atoms with Crippen molar-refractivity contribution in [1.29, 1.82) is 0 Å². The number of nitrogens with one attached hydrogen (secondary N) is 2. The molecule has 1 unspecified atom stereocenters. The van der Waals surface area contributed by atoms with Crippen LogP contribution in [0.25, 0.3) is 6.08 Å². The number of hydrogen-bond donors (Lipinski definition) is 3. The van der Waals surface area contributed by atoms with Crippen molar-refractivity contribution in [3.05, 3.63) is 54.8 Å². The molecule has 0 aliphatic carbocycles. The molecule has 1 aliphatic rings. The van der Waals surface area contributed by atoms with Crippen LogP contribution >= 0.6 is 55.2 Å². The zero-order valence-electron chi connectivity index (χ0n) is 13.3. The summed E-state index contributed by atoms with van der Waals surface area (Å²) in [4.78, 5) is 12.8. The van der Waals surface area contributed by atoms with Gasteiger partial charge in [0, 0.05) is 5.02 Å². The Balaban J connectivity index is 1.80. The van der Waals surface area contributed by atoms with Gasteiger partial charge in [0.25, 0.3) is 5.91 Å². The standard InChI is InChI=1S/C17H13Br2ClN2O3S/c1-25-13-3-2-9(20)7-12(13)21-17-22-16(24)14(26-17)6-8-4-10(18)15(23)11(19)5-8/h2-7,17,21,23H,1H3,(H,22,24)/b14-6-. The summed E-state index contributed by atoms with van der Waals surface area (Å²) in [7, 11) is 1.57. The zero-order valence-corrected chi connectivity index (χ0v) is 18.1. The molecule has 9 heteroatoms. The quantitative estimate of drug-likeness (QED) is 0.485. The second-order valence-electron chi connectivity index (χ2n) is 5.30. The van der Waals surface area contributed by atoms with Crippen molar-refractivity contribution in [2.45, 2.75) is 5.50 Å². The van der Waals surface area contributed by atoms with Crippen LogP contribution in [-0.4, -0.2) is 23.6 Å². The first-order chi connectivity index (χ1) is 12.4. The van der Waals surface area contributed by atoms with Gasteiger partial charge in [-0.1, -0.05) is 23.4 Å². The second kappa shape index (κ2) is 8.12. The summed E-state index contributed by atoms with van der Waals surface area (Å²) in [5.41, 5.74) is 1.11. The van der Waals surface area contributed by atoms with E-state index in [4.69, 9.17) is 16.3 Å². The van der Waals surface area contributed by atoms with Gasteiger partial charge in [0.1, 0.15) is 11.5 Å². The lowest BCUT2D eigenvalue weighted by Gasteiger charge is -2.15. The number of benzene rings is 2. The van der Waals surface area contributed by atoms with E-state index >= 15 is 0 Å². The minimum absolute atomic E-state index is 0.114. The summed E-state index contributed by atoms with van der Waals surface area (Å²) in [5.74, 6) is 0.560. The highest BCUT2D eigenvalue weighted by molar-refractivity contribution is 9.11. The minimum Gasteiger partial charge on any atom is -0.506 e. The Morgan fingerprint density at radius 3 is 2.65 bits per heavy atom. The molecule has 0 saturated carbocycles. The predicted molar refractivity (Wildman–Crippen MR) is 113 cm³/mol. The normalized spacial score (nSPS) is 18.1. The molecule has 3 rings (SSSR count). The van der Waals surface area contributed by atoms with E-state index in [1.807, 2.05) is 0 Å². The van der Waals surface area contributed by atoms with Gasteiger partial charge in [-0.3, -0.25) is 4.79 Å². The van der Waals surface area contributed by atoms with Gasteiger partial charge in [-0.25, -0.2) is 0 Å². The fraction of sp³-hybridized carbons (Fsp3) is 0.118. The smallest absolute Gasteiger partial charge is 0.260 e. The summed E-state index contributed by atoms with van der Waals surface area (Å²) in [6.45, 7) is 0. The van der Waals surface area contributed by atoms with Crippen LogP contribution in [0.4, 0.5) is 5.69 Å². The molecule has 1 aliphatic heterocycles. The van der Waals surface area contributed by atoms with E-state index in [0.717, 1.165) is 5.56 Å². The van der Waals surface area contributed by atoms with Crippen molar-refractivity contribution in [3.63, 3.8) is 0 Å². The number of ether oxygens (including phenoxy) is 1. The first-order valence-corrected chi connectivity index (χ1v) is 10.2. The maximum absolute atomic E-state index is 12.3. The highest BCUT2D eigenvalue weighted by atomic mass is 79.9. The van der Waals surface area contributed by atoms with Gasteiger partial charge < -0.3 is 20.5 Å². The molecular weight excluding hydrogens is 508 g/mol. The number of methoxy groups -OCH3 is 1. The van der Waals surface area contributed by atoms with Crippen molar-refractivity contribution in [2.24, 2.45) is 0 Å². The number of amides is 1. The van der Waals surface area contributed by atoms with Crippen LogP contribution in [0, 0.1) is 0 Å². The molecule has 26 heavy (non-hydrogen) atoms. The lowest BCUT2D eigenvalue weighted by molar-refractivity contribution is -0.116. The van der Waals surface area contributed by atoms with Gasteiger partial charge in [0.15, 0.2) is 5.50 Å². The number of halogens is 3. The van der Waals surface area contributed by atoms with Gasteiger partial charge in [0.05, 0.1) is 26.6 Å². The second-order valence-corrected chi connectivity index (χ2v) is 8.59. The molecular formula is C17H13Br2ClN2O3S. The zero-order chi connectivity index (χ0) is 18.8. The van der Waals surface area contributed by atoms with Gasteiger partial charge in [-0.2, -0.15) is 0 Å². The number of anilines is 1. The monoisotopic (exact) mass is 518 g/mol. The molecule has 1 amide bonds. The third-order valence-corrected chi connectivity index (χ3v) is 5.99. The largest absolute Gasteiger partial charge is 0.506 e. The number of carbonyl (C=O) groups is 1. The van der Waals surface area contributed by atoms with Crippen molar-refractivity contribution in [2.75, 3.05) is 12.4 Å². The highest BCUT2D eigenvalue weighted by Crippen LogP contribution is 2.37. The highest BCUT2D eigenvalue weighted by Gasteiger charge is 2.28. The SMILES string of the molecule is COc1ccc(Cl)cc1NC1NC(=O)/C(=C/c2cc(Br)c(O)c(Br)c2)S1. The van der Waals surface area contributed by atoms with Crippen LogP contribution in [0.2, 0.25) is 5.02 Å². The van der Waals surface area contributed by atoms with Crippen LogP contribution in [0.5, 0.6) is 11.5 Å². The molecule has 136 valence electrons. The van der Waals surface area contributed by atoms with Gasteiger partial charge in [0.2, 0.25) is 0 Å². The third-order valence-electron chi connectivity index (χ3n) is 3.52. The van der Waals surface area contributed by atoms with Crippen molar-refractivity contribution in [1.82, 2.24) is 5.32 Å². The van der Waals surface area contributed by atoms with E-state index in [-0.39, 0.29) is 17.2 Å². The molecule has 1 heterocycles. The number of hydrogen-bond acceptors (Lipinski definition) is 5. The molecule has 3 N–H and O–H groups in total. The molecule has 1 atom stereocenters. The van der Waals surface area contributed by atoms with Crippen LogP contribution in [0.3, 0.4) is 0 Å². The Morgan fingerprint density at radius 2 is 2.00 bits per heavy atom. The topological polar surface area (TPSA) is 70.6 Å². The fourth-order valence-corrected chi connectivity index (χ4v) is 4.69. The number of rotatable bonds is 4. The maximum Gasteiger partial charge on any atom is 0.260 e. The number of phenols is 1. The number of carbonyl (C=O) groups excluding carboxylic acids is 1. The predicted octanol–water partition coefficient (Wildman–Crippen LogP) is 5.18. The molecule has 0 radical (unpaired) electrons. The first-order valence-electron chi connectivity index (χ1n) is 7.34. The van der Waals surface area contributed by atoms with E-state index in [0.29, 0.717) is 30.3 Å². The van der Waals surface area contributed by atoms with Crippen LogP contribution in [0.15, 0.2) is 44.2 Å². The third kappa shape index (κ3) is 4.31. The molecule has 1 fully saturated rings. The molecule has 5 nitrogen and oxygen atoms in total. The van der Waals surface area contributed by atoms with Gasteiger partial charge >= 0.3 is 0 Å². The van der Waals surface area contributed by atoms with Gasteiger partial charge in [-0.15, -0.1) is 0 Å². The van der Waals surface area contributed by atoms with E-state index in [1.54, 1.807) is 43.5 Å². The first kappa shape index (κ1) is 19.4. The Kier molecular flexibility index (Phi) is 6.06. The molecule has 1 saturated heterocycles. The molecule has 0 spiro atoms. The van der Waals surface area contributed by atoms with Crippen LogP contribution < -0.4 is 15.4 Å². The Labute approximate surface area is 176 Å². The van der Waals surface area contributed by atoms with Crippen molar-refractivity contribution in [3.8, 4) is 11.5 Å². The fourth-order valence-electron chi connectivity index (χ4n) is 2.32. The Hall–Kier alpha value is -1.35. The summed E-state index contributed by atoms with van der Waals surface area (Å²) < 4.78 is 6.39. The summed E-state index contributed by atoms with van der Waals surface area (Å²) in [6.07, 6.45) is 1.76. The van der Waals surface area contributed by atoms with E-state index < -0.39 is 0 Å². The van der Waals surface area contributed by atoms with E-state index in [9.17, 15) is 9.90 Å². The Bertz CT molecular complexity index is 885. The number of phenolic OH excluding ortho intramolecular Hbond substituents is 1. The minimum atomic E-state index is -0.356. The van der Waals surface area contributed by atoms with Gasteiger partial charge in [-0.05, 0) is 73.8 Å². The van der Waals surface area contributed by atoms with E-state index in [1.165, 1.54) is 11.8 Å². The molecule has 0 bridgehead atoms. The lowest BCUT2D eigenvalue weighted by atomic mass is 10.2. The summed E-state index contributed by atoms with van der Waals surface area (Å²) >= 11 is 14.0. The average molecular weight is 521 g/mol. The number of thioether (sulfide) groups is 1. The average Bonchev–Trinajstić information content (AvgIpc) is 2.92. The molecule has 0 aromatic heterocycles. The number of aromatic hydroxyl groups is 1. The molecule has 2 aromatic carbocycles. The van der Waals surface area contributed by atoms with Crippen molar-refractivity contribution < 1.29 is 14.6 Å².